The number of halogens is 4. The number of nitriles is 1. The van der Waals surface area contributed by atoms with Gasteiger partial charge in [-0.3, -0.25) is 4.57 Å². The molecular weight excluding hydrogens is 723 g/mol. The first-order valence-corrected chi connectivity index (χ1v) is 16.6. The molecule has 0 unspecified atom stereocenters. The summed E-state index contributed by atoms with van der Waals surface area (Å²) in [5.74, 6) is 0. The molecule has 0 bridgehead atoms. The lowest BCUT2D eigenvalue weighted by molar-refractivity contribution is -0.903. The molecule has 2 aromatic heterocycles. The summed E-state index contributed by atoms with van der Waals surface area (Å²) in [6, 6.07) is 23.1. The van der Waals surface area contributed by atoms with Crippen LogP contribution in [0.2, 0.25) is 0 Å². The van der Waals surface area contributed by atoms with Gasteiger partial charge in [-0.15, -0.1) is 0 Å². The van der Waals surface area contributed by atoms with Gasteiger partial charge < -0.3 is 26.8 Å². The van der Waals surface area contributed by atoms with Crippen molar-refractivity contribution in [2.24, 2.45) is 0 Å². The number of hydrogen-bond acceptors (Lipinski definition) is 4. The molecule has 0 aliphatic heterocycles. The summed E-state index contributed by atoms with van der Waals surface area (Å²) >= 11 is 0. The fourth-order valence-corrected chi connectivity index (χ4v) is 6.85. The van der Waals surface area contributed by atoms with E-state index in [1.807, 2.05) is 24.3 Å². The maximum atomic E-state index is 14.2. The van der Waals surface area contributed by atoms with E-state index >= 15 is 0 Å². The lowest BCUT2D eigenvalue weighted by atomic mass is 10.0. The fraction of sp³-hybridized carbons (Fsp3) is 0.316. The summed E-state index contributed by atoms with van der Waals surface area (Å²) in [5.41, 5.74) is 2.34. The molecule has 6 rings (SSSR count). The van der Waals surface area contributed by atoms with E-state index < -0.39 is 23.5 Å². The Bertz CT molecular complexity index is 2120. The number of nitrogens with one attached hydrogen (secondary N) is 1. The average Bonchev–Trinajstić information content (AvgIpc) is 3.83. The normalized spacial score (nSPS) is 13.5. The van der Waals surface area contributed by atoms with Crippen molar-refractivity contribution in [1.82, 2.24) is 24.2 Å². The molecule has 1 saturated carbocycles. The number of rotatable bonds is 9. The van der Waals surface area contributed by atoms with E-state index in [4.69, 9.17) is 0 Å². The van der Waals surface area contributed by atoms with E-state index in [0.29, 0.717) is 27.8 Å². The molecule has 1 fully saturated rings. The molecule has 9 nitrogen and oxygen atoms in total. The van der Waals surface area contributed by atoms with E-state index in [-0.39, 0.29) is 40.1 Å². The highest BCUT2D eigenvalue weighted by molar-refractivity contribution is 5.83. The molecule has 1 N–H and O–H groups in total. The van der Waals surface area contributed by atoms with Gasteiger partial charge in [-0.1, -0.05) is 49.2 Å². The van der Waals surface area contributed by atoms with Crippen LogP contribution in [0.5, 0.6) is 0 Å². The number of alkyl halides is 3. The number of benzene rings is 3. The van der Waals surface area contributed by atoms with Gasteiger partial charge in [0.1, 0.15) is 12.2 Å². The highest BCUT2D eigenvalue weighted by Gasteiger charge is 2.33. The zero-order valence-electron chi connectivity index (χ0n) is 28.6. The maximum Gasteiger partial charge on any atom is 0.416 e. The Kier molecular flexibility index (Phi) is 11.1. The third-order valence-electron chi connectivity index (χ3n) is 9.36. The maximum absolute atomic E-state index is 14.2. The predicted octanol–water partition coefficient (Wildman–Crippen LogP) is 4.01. The number of carbonyl (C=O) groups excluding carboxylic acids is 1. The van der Waals surface area contributed by atoms with Crippen LogP contribution in [0, 0.1) is 18.3 Å². The Morgan fingerprint density at radius 2 is 1.75 bits per heavy atom. The molecular formula is C38H39BrF3N7O2. The number of amides is 1. The molecule has 0 saturated heterocycles. The van der Waals surface area contributed by atoms with Crippen molar-refractivity contribution in [3.63, 3.8) is 0 Å². The number of hydrogen-bond donors (Lipinski definition) is 1. The quantitative estimate of drug-likeness (QED) is 0.230. The molecule has 5 aromatic rings. The molecule has 266 valence electrons. The van der Waals surface area contributed by atoms with Crippen LogP contribution in [0.4, 0.5) is 18.0 Å². The summed E-state index contributed by atoms with van der Waals surface area (Å²) in [6.45, 7) is 3.13. The first-order chi connectivity index (χ1) is 23.9. The van der Waals surface area contributed by atoms with Crippen LogP contribution in [0.25, 0.3) is 22.8 Å². The van der Waals surface area contributed by atoms with Crippen molar-refractivity contribution in [3.8, 4) is 28.8 Å². The van der Waals surface area contributed by atoms with Gasteiger partial charge in [-0.05, 0) is 67.8 Å². The van der Waals surface area contributed by atoms with Crippen LogP contribution in [0.3, 0.4) is 0 Å². The van der Waals surface area contributed by atoms with Crippen LogP contribution in [0.1, 0.15) is 53.6 Å². The second kappa shape index (κ2) is 15.1. The molecule has 0 spiro atoms. The number of nitrogens with zero attached hydrogens (tertiary/aromatic N) is 6. The second-order valence-corrected chi connectivity index (χ2v) is 13.5. The lowest BCUT2D eigenvalue weighted by Crippen LogP contribution is -3.00. The third-order valence-corrected chi connectivity index (χ3v) is 9.36. The topological polar surface area (TPSA) is 97.6 Å². The SMILES string of the molecule is Cc1c(-c2ccnn2-c2ccc(C#N)cc2CC[N+](C)(C)Cc2ccccc2)n(C(=O)NC2CCCC2)c(=O)n1-c1cccc(C(F)(F)F)c1.[Br-]. The van der Waals surface area contributed by atoms with Crippen molar-refractivity contribution >= 4 is 6.03 Å². The van der Waals surface area contributed by atoms with E-state index in [9.17, 15) is 28.0 Å². The Balaban J connectivity index is 0.00000504. The van der Waals surface area contributed by atoms with Crippen molar-refractivity contribution in [1.29, 1.82) is 5.26 Å². The van der Waals surface area contributed by atoms with Gasteiger partial charge in [0.25, 0.3) is 0 Å². The van der Waals surface area contributed by atoms with Gasteiger partial charge in [0.2, 0.25) is 0 Å². The Hall–Kier alpha value is -4.93. The van der Waals surface area contributed by atoms with Crippen molar-refractivity contribution in [3.05, 3.63) is 123 Å². The van der Waals surface area contributed by atoms with Crippen LogP contribution in [0.15, 0.2) is 89.9 Å². The van der Waals surface area contributed by atoms with E-state index in [0.717, 1.165) is 65.6 Å². The van der Waals surface area contributed by atoms with Gasteiger partial charge in [0.15, 0.2) is 0 Å². The summed E-state index contributed by atoms with van der Waals surface area (Å²) in [4.78, 5) is 28.1. The summed E-state index contributed by atoms with van der Waals surface area (Å²) < 4.78 is 45.7. The first-order valence-electron chi connectivity index (χ1n) is 16.6. The van der Waals surface area contributed by atoms with Gasteiger partial charge in [0, 0.05) is 18.0 Å². The van der Waals surface area contributed by atoms with Gasteiger partial charge in [0.05, 0.1) is 66.8 Å². The highest BCUT2D eigenvalue weighted by atomic mass is 79.9. The Labute approximate surface area is 304 Å². The van der Waals surface area contributed by atoms with Gasteiger partial charge in [-0.25, -0.2) is 18.8 Å². The molecule has 3 aromatic carbocycles. The molecule has 1 aliphatic rings. The van der Waals surface area contributed by atoms with Gasteiger partial charge >= 0.3 is 17.9 Å². The smallest absolute Gasteiger partial charge is 0.416 e. The summed E-state index contributed by atoms with van der Waals surface area (Å²) in [5, 5.41) is 17.4. The fourth-order valence-electron chi connectivity index (χ4n) is 6.85. The highest BCUT2D eigenvalue weighted by Crippen LogP contribution is 2.33. The second-order valence-electron chi connectivity index (χ2n) is 13.5. The molecule has 0 radical (unpaired) electrons. The molecule has 2 heterocycles. The van der Waals surface area contributed by atoms with Crippen molar-refractivity contribution < 1.29 is 39.4 Å². The van der Waals surface area contributed by atoms with Crippen molar-refractivity contribution in [2.75, 3.05) is 20.6 Å². The monoisotopic (exact) mass is 761 g/mol. The van der Waals surface area contributed by atoms with Crippen LogP contribution >= 0.6 is 0 Å². The molecule has 0 atom stereocenters. The molecule has 13 heteroatoms. The minimum Gasteiger partial charge on any atom is -1.00 e. The Morgan fingerprint density at radius 3 is 2.43 bits per heavy atom. The zero-order chi connectivity index (χ0) is 35.6. The van der Waals surface area contributed by atoms with Crippen LogP contribution < -0.4 is 28.0 Å². The van der Waals surface area contributed by atoms with E-state index in [2.05, 4.69) is 42.7 Å². The number of imidazole rings is 1. The number of quaternary nitrogens is 1. The van der Waals surface area contributed by atoms with Crippen molar-refractivity contribution in [2.45, 2.75) is 57.8 Å². The molecule has 1 aliphatic carbocycles. The Morgan fingerprint density at radius 1 is 1.02 bits per heavy atom. The largest absolute Gasteiger partial charge is 1.00 e. The number of likely N-dealkylation sites (N-methyl/N-ethyl adjacent to an activating group) is 1. The lowest BCUT2D eigenvalue weighted by Gasteiger charge is -2.30. The van der Waals surface area contributed by atoms with Crippen LogP contribution in [-0.4, -0.2) is 56.1 Å². The zero-order valence-corrected chi connectivity index (χ0v) is 30.2. The number of carbonyl (C=O) groups is 1. The molecule has 1 amide bonds. The minimum absolute atomic E-state index is 0. The third kappa shape index (κ3) is 8.02. The summed E-state index contributed by atoms with van der Waals surface area (Å²) in [7, 11) is 4.28. The number of aromatic nitrogens is 4. The minimum atomic E-state index is -4.63. The van der Waals surface area contributed by atoms with E-state index in [1.165, 1.54) is 17.7 Å². The van der Waals surface area contributed by atoms with Gasteiger partial charge in [-0.2, -0.15) is 23.5 Å². The van der Waals surface area contributed by atoms with E-state index in [1.54, 1.807) is 36.0 Å². The first kappa shape index (κ1) is 37.3. The van der Waals surface area contributed by atoms with Crippen LogP contribution in [-0.2, 0) is 19.1 Å². The molecule has 51 heavy (non-hydrogen) atoms. The standard InChI is InChI=1S/C38H38F3N7O2.BrH/c1-26-35(46(36(49)44-31-13-7-8-14-31)37(50)45(26)32-15-9-12-30(23-32)38(39,40)41)34-18-20-43-47(34)33-17-16-28(24-42)22-29(33)19-21-48(2,3)25-27-10-5-4-6-11-27;/h4-6,9-12,15-18,20,22-23,31H,7-8,13-14,19,21,25H2,1-3H3;1H. The predicted molar refractivity (Wildman–Crippen MR) is 184 cm³/mol. The summed E-state index contributed by atoms with van der Waals surface area (Å²) in [6.07, 6.45) is 0.959. The average molecular weight is 763 g/mol.